The van der Waals surface area contributed by atoms with E-state index in [0.29, 0.717) is 32.5 Å². The minimum absolute atomic E-state index is 0.115. The molecule has 5 heteroatoms. The first kappa shape index (κ1) is 13.5. The van der Waals surface area contributed by atoms with E-state index < -0.39 is 5.60 Å². The second kappa shape index (κ2) is 5.36. The molecule has 5 nitrogen and oxygen atoms in total. The van der Waals surface area contributed by atoms with Gasteiger partial charge in [-0.25, -0.2) is 0 Å². The van der Waals surface area contributed by atoms with Crippen LogP contribution in [0.3, 0.4) is 0 Å². The number of nitrogens with zero attached hydrogens (tertiary/aromatic N) is 2. The quantitative estimate of drug-likeness (QED) is 0.755. The van der Waals surface area contributed by atoms with Gasteiger partial charge in [0.2, 0.25) is 5.91 Å². The third kappa shape index (κ3) is 3.53. The average Bonchev–Trinajstić information content (AvgIpc) is 2.33. The highest BCUT2D eigenvalue weighted by Gasteiger charge is 2.29. The molecule has 0 aromatic carbocycles. The van der Waals surface area contributed by atoms with E-state index in [1.807, 2.05) is 6.92 Å². The number of Topliss-reactive ketones (excluding diaryl/α,β-unsaturated/α-hetero) is 1. The summed E-state index contributed by atoms with van der Waals surface area (Å²) >= 11 is 0. The van der Waals surface area contributed by atoms with E-state index in [0.717, 1.165) is 25.9 Å². The largest absolute Gasteiger partial charge is 0.390 e. The number of hydrogen-bond acceptors (Lipinski definition) is 4. The van der Waals surface area contributed by atoms with E-state index >= 15 is 0 Å². The molecule has 0 aromatic heterocycles. The Balaban J connectivity index is 1.76. The van der Waals surface area contributed by atoms with Gasteiger partial charge >= 0.3 is 0 Å². The summed E-state index contributed by atoms with van der Waals surface area (Å²) in [6.45, 7) is 4.95. The molecule has 0 aromatic rings. The van der Waals surface area contributed by atoms with Crippen molar-refractivity contribution in [1.29, 1.82) is 0 Å². The molecule has 1 amide bonds. The third-order valence-corrected chi connectivity index (χ3v) is 3.97. The Morgan fingerprint density at radius 2 is 1.78 bits per heavy atom. The Bertz CT molecular complexity index is 321. The molecule has 0 spiro atoms. The van der Waals surface area contributed by atoms with Gasteiger partial charge in [0.15, 0.2) is 0 Å². The molecule has 0 unspecified atom stereocenters. The zero-order chi connectivity index (χ0) is 13.2. The number of carbonyl (C=O) groups is 2. The summed E-state index contributed by atoms with van der Waals surface area (Å²) in [5, 5.41) is 9.84. The number of carbonyl (C=O) groups excluding carboxylic acids is 2. The fourth-order valence-corrected chi connectivity index (χ4v) is 2.49. The Morgan fingerprint density at radius 1 is 1.22 bits per heavy atom. The number of ketones is 1. The SMILES string of the molecule is CC1(O)CCN(CC(=O)N2CCC(=O)CC2)CC1. The molecule has 0 saturated carbocycles. The number of hydrogen-bond donors (Lipinski definition) is 1. The maximum Gasteiger partial charge on any atom is 0.236 e. The van der Waals surface area contributed by atoms with E-state index in [-0.39, 0.29) is 11.7 Å². The molecular weight excluding hydrogens is 232 g/mol. The molecular formula is C13H22N2O3. The highest BCUT2D eigenvalue weighted by atomic mass is 16.3. The van der Waals surface area contributed by atoms with Crippen LogP contribution in [0.4, 0.5) is 0 Å². The van der Waals surface area contributed by atoms with Crippen molar-refractivity contribution in [3.63, 3.8) is 0 Å². The van der Waals surface area contributed by atoms with Gasteiger partial charge in [-0.1, -0.05) is 0 Å². The lowest BCUT2D eigenvalue weighted by atomic mass is 9.94. The minimum atomic E-state index is -0.572. The third-order valence-electron chi connectivity index (χ3n) is 3.97. The molecule has 2 aliphatic heterocycles. The molecule has 0 radical (unpaired) electrons. The molecule has 2 rings (SSSR count). The van der Waals surface area contributed by atoms with E-state index in [9.17, 15) is 14.7 Å². The van der Waals surface area contributed by atoms with Crippen LogP contribution in [0.5, 0.6) is 0 Å². The highest BCUT2D eigenvalue weighted by molar-refractivity contribution is 5.84. The second-order valence-electron chi connectivity index (χ2n) is 5.69. The zero-order valence-electron chi connectivity index (χ0n) is 11.0. The molecule has 2 fully saturated rings. The van der Waals surface area contributed by atoms with Crippen LogP contribution in [-0.2, 0) is 9.59 Å². The first-order valence-electron chi connectivity index (χ1n) is 6.70. The first-order valence-corrected chi connectivity index (χ1v) is 6.70. The van der Waals surface area contributed by atoms with Gasteiger partial charge in [-0.3, -0.25) is 14.5 Å². The number of likely N-dealkylation sites (tertiary alicyclic amines) is 2. The number of rotatable bonds is 2. The molecule has 2 saturated heterocycles. The van der Waals surface area contributed by atoms with Gasteiger partial charge in [0.25, 0.3) is 0 Å². The molecule has 0 atom stereocenters. The number of amides is 1. The summed E-state index contributed by atoms with van der Waals surface area (Å²) in [5.74, 6) is 0.372. The van der Waals surface area contributed by atoms with Crippen LogP contribution in [0.1, 0.15) is 32.6 Å². The molecule has 18 heavy (non-hydrogen) atoms. The van der Waals surface area contributed by atoms with Crippen molar-refractivity contribution in [2.75, 3.05) is 32.7 Å². The maximum atomic E-state index is 12.0. The van der Waals surface area contributed by atoms with Crippen LogP contribution in [0.25, 0.3) is 0 Å². The van der Waals surface area contributed by atoms with Crippen molar-refractivity contribution in [2.45, 2.75) is 38.2 Å². The highest BCUT2D eigenvalue weighted by Crippen LogP contribution is 2.21. The molecule has 102 valence electrons. The molecule has 2 aliphatic rings. The van der Waals surface area contributed by atoms with E-state index in [2.05, 4.69) is 4.90 Å². The number of piperidine rings is 2. The topological polar surface area (TPSA) is 60.9 Å². The van der Waals surface area contributed by atoms with Gasteiger partial charge in [-0.05, 0) is 19.8 Å². The van der Waals surface area contributed by atoms with E-state index in [1.165, 1.54) is 0 Å². The number of aliphatic hydroxyl groups is 1. The van der Waals surface area contributed by atoms with Crippen LogP contribution in [0, 0.1) is 0 Å². The summed E-state index contributed by atoms with van der Waals surface area (Å²) < 4.78 is 0. The fourth-order valence-electron chi connectivity index (χ4n) is 2.49. The van der Waals surface area contributed by atoms with Crippen LogP contribution in [0.2, 0.25) is 0 Å². The normalized spacial score (nSPS) is 25.2. The van der Waals surface area contributed by atoms with Gasteiger partial charge in [-0.15, -0.1) is 0 Å². The monoisotopic (exact) mass is 254 g/mol. The Labute approximate surface area is 108 Å². The lowest BCUT2D eigenvalue weighted by Gasteiger charge is -2.36. The van der Waals surface area contributed by atoms with E-state index in [1.54, 1.807) is 4.90 Å². The summed E-state index contributed by atoms with van der Waals surface area (Å²) in [5.41, 5.74) is -0.572. The Morgan fingerprint density at radius 3 is 2.33 bits per heavy atom. The standard InChI is InChI=1S/C13H22N2O3/c1-13(18)4-8-14(9-5-13)10-12(17)15-6-2-11(16)3-7-15/h18H,2-10H2,1H3. The van der Waals surface area contributed by atoms with Crippen molar-refractivity contribution < 1.29 is 14.7 Å². The van der Waals surface area contributed by atoms with Gasteiger partial charge in [-0.2, -0.15) is 0 Å². The van der Waals surface area contributed by atoms with Gasteiger partial charge in [0, 0.05) is 39.0 Å². The van der Waals surface area contributed by atoms with Gasteiger partial charge in [0.1, 0.15) is 5.78 Å². The van der Waals surface area contributed by atoms with Crippen molar-refractivity contribution in [2.24, 2.45) is 0 Å². The first-order chi connectivity index (χ1) is 8.46. The van der Waals surface area contributed by atoms with E-state index in [4.69, 9.17) is 0 Å². The van der Waals surface area contributed by atoms with Gasteiger partial charge in [0.05, 0.1) is 12.1 Å². The average molecular weight is 254 g/mol. The predicted molar refractivity (Wildman–Crippen MR) is 67.1 cm³/mol. The van der Waals surface area contributed by atoms with Crippen molar-refractivity contribution in [3.05, 3.63) is 0 Å². The van der Waals surface area contributed by atoms with Crippen LogP contribution in [0.15, 0.2) is 0 Å². The molecule has 2 heterocycles. The Kier molecular flexibility index (Phi) is 4.02. The van der Waals surface area contributed by atoms with Crippen LogP contribution < -0.4 is 0 Å². The predicted octanol–water partition coefficient (Wildman–Crippen LogP) is 0.0247. The molecule has 0 bridgehead atoms. The summed E-state index contributed by atoms with van der Waals surface area (Å²) in [4.78, 5) is 27.0. The van der Waals surface area contributed by atoms with Gasteiger partial charge < -0.3 is 10.0 Å². The lowest BCUT2D eigenvalue weighted by Crippen LogP contribution is -2.48. The van der Waals surface area contributed by atoms with Crippen LogP contribution in [-0.4, -0.2) is 64.9 Å². The molecule has 1 N–H and O–H groups in total. The van der Waals surface area contributed by atoms with Crippen LogP contribution >= 0.6 is 0 Å². The second-order valence-corrected chi connectivity index (χ2v) is 5.69. The maximum absolute atomic E-state index is 12.0. The van der Waals surface area contributed by atoms with Crippen molar-refractivity contribution >= 4 is 11.7 Å². The minimum Gasteiger partial charge on any atom is -0.390 e. The Hall–Kier alpha value is -0.940. The summed E-state index contributed by atoms with van der Waals surface area (Å²) in [6, 6.07) is 0. The zero-order valence-corrected chi connectivity index (χ0v) is 11.0. The molecule has 0 aliphatic carbocycles. The lowest BCUT2D eigenvalue weighted by molar-refractivity contribution is -0.136. The summed E-state index contributed by atoms with van der Waals surface area (Å²) in [6.07, 6.45) is 2.44. The van der Waals surface area contributed by atoms with Crippen molar-refractivity contribution in [3.8, 4) is 0 Å². The fraction of sp³-hybridized carbons (Fsp3) is 0.846. The van der Waals surface area contributed by atoms with Crippen molar-refractivity contribution in [1.82, 2.24) is 9.80 Å². The summed E-state index contributed by atoms with van der Waals surface area (Å²) in [7, 11) is 0. The smallest absolute Gasteiger partial charge is 0.236 e.